The maximum Gasteiger partial charge on any atom is 0.157 e. The van der Waals surface area contributed by atoms with Gasteiger partial charge in [-0.05, 0) is 42.5 Å². The third kappa shape index (κ3) is 3.04. The second kappa shape index (κ2) is 6.31. The third-order valence-corrected chi connectivity index (χ3v) is 3.64. The molecule has 0 saturated heterocycles. The number of hydrogen-bond acceptors (Lipinski definition) is 4. The summed E-state index contributed by atoms with van der Waals surface area (Å²) in [5.74, 6) is 0.821. The fourth-order valence-electron chi connectivity index (χ4n) is 2.15. The number of hydrogen-bond donors (Lipinski definition) is 3. The van der Waals surface area contributed by atoms with Gasteiger partial charge in [-0.15, -0.1) is 0 Å². The summed E-state index contributed by atoms with van der Waals surface area (Å²) >= 11 is 3.39. The predicted molar refractivity (Wildman–Crippen MR) is 87.4 cm³/mol. The molecule has 0 aliphatic heterocycles. The van der Waals surface area contributed by atoms with Crippen LogP contribution in [0.25, 0.3) is 11.0 Å². The van der Waals surface area contributed by atoms with E-state index in [9.17, 15) is 5.21 Å². The van der Waals surface area contributed by atoms with Crippen LogP contribution in [0.5, 0.6) is 0 Å². The lowest BCUT2D eigenvalue weighted by molar-refractivity contribution is 0.235. The molecule has 0 unspecified atom stereocenters. The molecule has 0 radical (unpaired) electrons. The van der Waals surface area contributed by atoms with E-state index in [0.29, 0.717) is 28.4 Å². The molecule has 0 spiro atoms. The van der Waals surface area contributed by atoms with E-state index in [4.69, 9.17) is 9.52 Å². The summed E-state index contributed by atoms with van der Waals surface area (Å²) in [5, 5.41) is 19.3. The number of aliphatic hydroxyl groups excluding tert-OH is 1. The summed E-state index contributed by atoms with van der Waals surface area (Å²) in [4.78, 5) is 4.39. The minimum Gasteiger partial charge on any atom is -0.459 e. The van der Waals surface area contributed by atoms with Crippen LogP contribution in [0, 0.1) is 0 Å². The smallest absolute Gasteiger partial charge is 0.157 e. The number of nitrogens with one attached hydrogen (secondary N) is 1. The second-order valence-electron chi connectivity index (χ2n) is 4.68. The SMILES string of the molecule is OCc1cc2cc(C(=Nc3cccc(Br)c3)NO)ccc2o1. The van der Waals surface area contributed by atoms with E-state index in [0.717, 1.165) is 9.86 Å². The van der Waals surface area contributed by atoms with E-state index < -0.39 is 0 Å². The summed E-state index contributed by atoms with van der Waals surface area (Å²) in [6, 6.07) is 14.6. The Bertz CT molecular complexity index is 842. The lowest BCUT2D eigenvalue weighted by Gasteiger charge is -2.05. The minimum absolute atomic E-state index is 0.152. The Hall–Kier alpha value is -2.15. The molecule has 0 saturated carbocycles. The average molecular weight is 361 g/mol. The van der Waals surface area contributed by atoms with Crippen molar-refractivity contribution in [1.82, 2.24) is 5.48 Å². The Labute approximate surface area is 135 Å². The topological polar surface area (TPSA) is 78.0 Å². The van der Waals surface area contributed by atoms with Crippen molar-refractivity contribution >= 4 is 38.4 Å². The van der Waals surface area contributed by atoms with Crippen LogP contribution in [-0.4, -0.2) is 16.1 Å². The van der Waals surface area contributed by atoms with E-state index in [1.54, 1.807) is 18.2 Å². The van der Waals surface area contributed by atoms with Crippen LogP contribution in [0.2, 0.25) is 0 Å². The molecule has 0 fully saturated rings. The zero-order chi connectivity index (χ0) is 15.5. The first-order valence-corrected chi connectivity index (χ1v) is 7.37. The first-order chi connectivity index (χ1) is 10.7. The Morgan fingerprint density at radius 1 is 1.18 bits per heavy atom. The predicted octanol–water partition coefficient (Wildman–Crippen LogP) is 3.74. The molecule has 1 aromatic heterocycles. The number of halogens is 1. The zero-order valence-corrected chi connectivity index (χ0v) is 13.0. The number of fused-ring (bicyclic) bond motifs is 1. The quantitative estimate of drug-likeness (QED) is 0.377. The molecular formula is C16H13BrN2O3. The van der Waals surface area contributed by atoms with Gasteiger partial charge in [0.15, 0.2) is 5.84 Å². The van der Waals surface area contributed by atoms with Gasteiger partial charge in [0.25, 0.3) is 0 Å². The normalized spacial score (nSPS) is 11.9. The molecule has 3 N–H and O–H groups in total. The summed E-state index contributed by atoms with van der Waals surface area (Å²) in [7, 11) is 0. The monoisotopic (exact) mass is 360 g/mol. The van der Waals surface area contributed by atoms with Crippen LogP contribution in [0.1, 0.15) is 11.3 Å². The maximum absolute atomic E-state index is 9.38. The minimum atomic E-state index is -0.152. The molecule has 0 amide bonds. The van der Waals surface area contributed by atoms with Gasteiger partial charge in [0, 0.05) is 15.4 Å². The molecule has 0 aliphatic rings. The zero-order valence-electron chi connectivity index (χ0n) is 11.5. The van der Waals surface area contributed by atoms with Crippen LogP contribution < -0.4 is 5.48 Å². The maximum atomic E-state index is 9.38. The Morgan fingerprint density at radius 2 is 2.05 bits per heavy atom. The highest BCUT2D eigenvalue weighted by molar-refractivity contribution is 9.10. The van der Waals surface area contributed by atoms with Gasteiger partial charge in [0.05, 0.1) is 5.69 Å². The number of benzene rings is 2. The summed E-state index contributed by atoms with van der Waals surface area (Å²) in [6.07, 6.45) is 0. The van der Waals surface area contributed by atoms with Crippen molar-refractivity contribution in [2.45, 2.75) is 6.61 Å². The van der Waals surface area contributed by atoms with Crippen molar-refractivity contribution in [3.63, 3.8) is 0 Å². The third-order valence-electron chi connectivity index (χ3n) is 3.15. The lowest BCUT2D eigenvalue weighted by Crippen LogP contribution is -2.19. The molecular weight excluding hydrogens is 348 g/mol. The van der Waals surface area contributed by atoms with Gasteiger partial charge in [-0.2, -0.15) is 0 Å². The molecule has 2 aromatic carbocycles. The van der Waals surface area contributed by atoms with Gasteiger partial charge < -0.3 is 9.52 Å². The molecule has 112 valence electrons. The van der Waals surface area contributed by atoms with E-state index in [1.165, 1.54) is 0 Å². The molecule has 22 heavy (non-hydrogen) atoms. The van der Waals surface area contributed by atoms with Crippen LogP contribution in [0.3, 0.4) is 0 Å². The van der Waals surface area contributed by atoms with Crippen molar-refractivity contribution in [2.75, 3.05) is 0 Å². The number of amidine groups is 1. The summed E-state index contributed by atoms with van der Waals surface area (Å²) in [5.41, 5.74) is 4.21. The molecule has 0 aliphatic carbocycles. The number of rotatable bonds is 3. The van der Waals surface area contributed by atoms with Crippen molar-refractivity contribution in [1.29, 1.82) is 0 Å². The van der Waals surface area contributed by atoms with Crippen molar-refractivity contribution in [3.8, 4) is 0 Å². The highest BCUT2D eigenvalue weighted by atomic mass is 79.9. The lowest BCUT2D eigenvalue weighted by atomic mass is 10.1. The van der Waals surface area contributed by atoms with Crippen LogP contribution in [0.4, 0.5) is 5.69 Å². The van der Waals surface area contributed by atoms with Gasteiger partial charge in [-0.3, -0.25) is 10.7 Å². The largest absolute Gasteiger partial charge is 0.459 e. The van der Waals surface area contributed by atoms with Crippen LogP contribution in [0.15, 0.2) is 62.4 Å². The Balaban J connectivity index is 2.02. The van der Waals surface area contributed by atoms with Gasteiger partial charge in [0.1, 0.15) is 18.0 Å². The van der Waals surface area contributed by atoms with E-state index >= 15 is 0 Å². The van der Waals surface area contributed by atoms with Crippen LogP contribution >= 0.6 is 15.9 Å². The number of aliphatic imine (C=N–C) groups is 1. The molecule has 0 atom stereocenters. The molecule has 1 heterocycles. The van der Waals surface area contributed by atoms with Crippen molar-refractivity contribution < 1.29 is 14.7 Å². The molecule has 5 nitrogen and oxygen atoms in total. The van der Waals surface area contributed by atoms with Gasteiger partial charge >= 0.3 is 0 Å². The standard InChI is InChI=1S/C16H13BrN2O3/c17-12-2-1-3-13(8-12)18-16(19-21)10-4-5-15-11(6-10)7-14(9-20)22-15/h1-8,20-21H,9H2,(H,18,19). The average Bonchev–Trinajstić information content (AvgIpc) is 2.95. The van der Waals surface area contributed by atoms with Crippen molar-refractivity contribution in [3.05, 3.63) is 64.3 Å². The Kier molecular flexibility index (Phi) is 4.24. The highest BCUT2D eigenvalue weighted by Crippen LogP contribution is 2.23. The molecule has 3 aromatic rings. The molecule has 0 bridgehead atoms. The fraction of sp³-hybridized carbons (Fsp3) is 0.0625. The molecule has 6 heteroatoms. The molecule has 3 rings (SSSR count). The van der Waals surface area contributed by atoms with E-state index in [-0.39, 0.29) is 6.61 Å². The second-order valence-corrected chi connectivity index (χ2v) is 5.59. The van der Waals surface area contributed by atoms with Gasteiger partial charge in [0.2, 0.25) is 0 Å². The van der Waals surface area contributed by atoms with Gasteiger partial charge in [-0.25, -0.2) is 4.99 Å². The number of aliphatic hydroxyl groups is 1. The number of nitrogens with zero attached hydrogens (tertiary/aromatic N) is 1. The summed E-state index contributed by atoms with van der Waals surface area (Å²) < 4.78 is 6.35. The van der Waals surface area contributed by atoms with E-state index in [1.807, 2.05) is 30.3 Å². The first kappa shape index (κ1) is 14.8. The number of hydroxylamine groups is 1. The Morgan fingerprint density at radius 3 is 2.77 bits per heavy atom. The summed E-state index contributed by atoms with van der Waals surface area (Å²) in [6.45, 7) is -0.152. The van der Waals surface area contributed by atoms with Crippen LogP contribution in [-0.2, 0) is 6.61 Å². The highest BCUT2D eigenvalue weighted by Gasteiger charge is 2.08. The number of furan rings is 1. The first-order valence-electron chi connectivity index (χ1n) is 6.57. The fourth-order valence-corrected chi connectivity index (χ4v) is 2.54. The van der Waals surface area contributed by atoms with Gasteiger partial charge in [-0.1, -0.05) is 22.0 Å². The van der Waals surface area contributed by atoms with E-state index in [2.05, 4.69) is 26.4 Å². The van der Waals surface area contributed by atoms with Crippen molar-refractivity contribution in [2.24, 2.45) is 4.99 Å².